The lowest BCUT2D eigenvalue weighted by atomic mass is 9.69. The van der Waals surface area contributed by atoms with Crippen LogP contribution in [0, 0.1) is 38.2 Å². The maximum atomic E-state index is 13.4. The van der Waals surface area contributed by atoms with Crippen molar-refractivity contribution in [1.29, 1.82) is 0 Å². The summed E-state index contributed by atoms with van der Waals surface area (Å²) in [5, 5.41) is 16.6. The largest absolute Gasteiger partial charge is 0.480 e. The van der Waals surface area contributed by atoms with Crippen molar-refractivity contribution >= 4 is 29.0 Å². The minimum atomic E-state index is -0.884. The number of hydrogen-bond acceptors (Lipinski definition) is 7. The van der Waals surface area contributed by atoms with Crippen LogP contribution in [0.4, 0.5) is 16.2 Å². The van der Waals surface area contributed by atoms with Gasteiger partial charge < -0.3 is 19.7 Å². The van der Waals surface area contributed by atoms with Crippen molar-refractivity contribution in [3.8, 4) is 23.0 Å². The summed E-state index contributed by atoms with van der Waals surface area (Å²) in [4.78, 5) is 42.0. The quantitative estimate of drug-likeness (QED) is 0.0772. The highest BCUT2D eigenvalue weighted by Gasteiger charge is 2.41. The van der Waals surface area contributed by atoms with Gasteiger partial charge in [-0.3, -0.25) is 15.2 Å². The molecule has 3 N–H and O–H groups in total. The van der Waals surface area contributed by atoms with Crippen molar-refractivity contribution in [1.82, 2.24) is 19.5 Å². The van der Waals surface area contributed by atoms with Gasteiger partial charge in [0, 0.05) is 29.9 Å². The third-order valence-corrected chi connectivity index (χ3v) is 9.91. The van der Waals surface area contributed by atoms with Crippen LogP contribution in [-0.2, 0) is 9.68 Å². The van der Waals surface area contributed by atoms with Crippen LogP contribution in [0.5, 0.6) is 11.6 Å². The van der Waals surface area contributed by atoms with Gasteiger partial charge in [-0.25, -0.2) is 24.0 Å². The summed E-state index contributed by atoms with van der Waals surface area (Å²) in [6.07, 6.45) is 1.26. The van der Waals surface area contributed by atoms with Gasteiger partial charge >= 0.3 is 6.09 Å². The Hall–Kier alpha value is -4.86. The zero-order valence-corrected chi connectivity index (χ0v) is 29.9. The molecule has 4 unspecified atom stereocenters. The number of anilines is 1. The number of nitrogens with one attached hydrogen (secondary N) is 2. The first-order valence-electron chi connectivity index (χ1n) is 17.5. The number of amides is 2. The van der Waals surface area contributed by atoms with Gasteiger partial charge in [0.25, 0.3) is 11.6 Å². The maximum Gasteiger partial charge on any atom is 0.415 e. The van der Waals surface area contributed by atoms with Gasteiger partial charge in [0.05, 0.1) is 6.57 Å². The summed E-state index contributed by atoms with van der Waals surface area (Å²) in [7, 11) is 0. The van der Waals surface area contributed by atoms with E-state index in [1.54, 1.807) is 18.2 Å². The lowest BCUT2D eigenvalue weighted by molar-refractivity contribution is -0.302. The third kappa shape index (κ3) is 7.34. The van der Waals surface area contributed by atoms with Crippen LogP contribution in [0.3, 0.4) is 0 Å². The average Bonchev–Trinajstić information content (AvgIpc) is 3.64. The number of aryl methyl sites for hydroxylation is 2. The number of nitrogens with zero attached hydrogens (tertiary/aromatic N) is 4. The Morgan fingerprint density at radius 2 is 1.84 bits per heavy atom. The van der Waals surface area contributed by atoms with Gasteiger partial charge in [-0.2, -0.15) is 0 Å². The summed E-state index contributed by atoms with van der Waals surface area (Å²) in [6.45, 7) is 22.8. The molecule has 0 saturated heterocycles. The van der Waals surface area contributed by atoms with E-state index in [2.05, 4.69) is 29.1 Å². The van der Waals surface area contributed by atoms with Crippen LogP contribution in [0.25, 0.3) is 21.9 Å². The van der Waals surface area contributed by atoms with Crippen LogP contribution in [0.15, 0.2) is 42.5 Å². The number of carbonyl (C=O) groups excluding carboxylic acids is 2. The number of fused-ring (bicyclic) bond motifs is 1. The first-order valence-corrected chi connectivity index (χ1v) is 17.5. The van der Waals surface area contributed by atoms with Gasteiger partial charge in [0.15, 0.2) is 17.6 Å². The van der Waals surface area contributed by atoms with Crippen molar-refractivity contribution in [2.24, 2.45) is 17.8 Å². The summed E-state index contributed by atoms with van der Waals surface area (Å²) >= 11 is 0. The fourth-order valence-corrected chi connectivity index (χ4v) is 7.21. The normalized spacial score (nSPS) is 18.7. The highest BCUT2D eigenvalue weighted by Crippen LogP contribution is 2.50. The average molecular weight is 685 g/mol. The molecule has 0 radical (unpaired) electrons. The van der Waals surface area contributed by atoms with Crippen molar-refractivity contribution in [3.63, 3.8) is 0 Å². The Morgan fingerprint density at radius 3 is 2.46 bits per heavy atom. The van der Waals surface area contributed by atoms with Crippen molar-refractivity contribution in [2.75, 3.05) is 18.4 Å². The summed E-state index contributed by atoms with van der Waals surface area (Å²) in [6, 6.07) is 13.0. The first kappa shape index (κ1) is 36.4. The molecule has 2 heterocycles. The molecule has 50 heavy (non-hydrogen) atoms. The molecule has 2 amide bonds. The maximum absolute atomic E-state index is 13.4. The molecule has 266 valence electrons. The Bertz CT molecular complexity index is 1860. The number of hydrogen-bond donors (Lipinski definition) is 3. The van der Waals surface area contributed by atoms with E-state index in [1.165, 1.54) is 9.42 Å². The van der Waals surface area contributed by atoms with Crippen molar-refractivity contribution in [3.05, 3.63) is 70.6 Å². The zero-order chi connectivity index (χ0) is 36.1. The highest BCUT2D eigenvalue weighted by molar-refractivity contribution is 5.95. The predicted octanol–water partition coefficient (Wildman–Crippen LogP) is 8.74. The second-order valence-corrected chi connectivity index (χ2v) is 13.3. The lowest BCUT2D eigenvalue weighted by Crippen LogP contribution is -2.33. The summed E-state index contributed by atoms with van der Waals surface area (Å²) in [5.74, 6) is 1.04. The molecule has 0 bridgehead atoms. The van der Waals surface area contributed by atoms with E-state index in [9.17, 15) is 14.8 Å². The van der Waals surface area contributed by atoms with Crippen LogP contribution in [-0.4, -0.2) is 55.9 Å². The van der Waals surface area contributed by atoms with Crippen LogP contribution in [0.1, 0.15) is 83.1 Å². The molecule has 4 atom stereocenters. The van der Waals surface area contributed by atoms with E-state index in [4.69, 9.17) is 25.9 Å². The second-order valence-electron chi connectivity index (χ2n) is 13.3. The topological polar surface area (TPSA) is 135 Å². The molecule has 1 aliphatic rings. The number of benzene rings is 2. The van der Waals surface area contributed by atoms with Crippen LogP contribution >= 0.6 is 0 Å². The molecule has 1 aliphatic carbocycles. The van der Waals surface area contributed by atoms with Gasteiger partial charge in [-0.15, -0.1) is 0 Å². The monoisotopic (exact) mass is 684 g/mol. The molecule has 12 heteroatoms. The van der Waals surface area contributed by atoms with Gasteiger partial charge in [0.1, 0.15) is 11.9 Å². The molecule has 0 spiro atoms. The molecule has 5 rings (SSSR count). The molecule has 1 fully saturated rings. The number of H-pyrrole nitrogens is 1. The third-order valence-electron chi connectivity index (χ3n) is 9.91. The molecule has 2 aromatic carbocycles. The molecular formula is C38H48N6O6. The van der Waals surface area contributed by atoms with Crippen molar-refractivity contribution < 1.29 is 29.2 Å². The smallest absolute Gasteiger partial charge is 0.415 e. The van der Waals surface area contributed by atoms with Gasteiger partial charge in [-0.1, -0.05) is 69.9 Å². The first-order chi connectivity index (χ1) is 24.0. The van der Waals surface area contributed by atoms with E-state index >= 15 is 0 Å². The van der Waals surface area contributed by atoms with E-state index in [-0.39, 0.29) is 35.2 Å². The van der Waals surface area contributed by atoms with E-state index in [0.717, 1.165) is 30.4 Å². The minimum Gasteiger partial charge on any atom is -0.480 e. The Morgan fingerprint density at radius 1 is 1.12 bits per heavy atom. The minimum absolute atomic E-state index is 0.0300. The molecule has 2 aromatic heterocycles. The molecular weight excluding hydrogens is 636 g/mol. The van der Waals surface area contributed by atoms with Crippen LogP contribution in [0.2, 0.25) is 0 Å². The number of aromatic amines is 1. The van der Waals surface area contributed by atoms with E-state index in [0.29, 0.717) is 53.5 Å². The standard InChI is InChI=1S/C38H48N6O6/c1-9-28(48-29-19-18-22(4)20-25(29)7)36(45)40-27-17-13-16-26(21-27)34-41-35-31(33(50-47)30-23(5)14-12-15-24(30)6)32(39-8)37(44(35)42-34)49-38(46)43(10-2)11-3/h13,16-21,23-24,28,30,33,47H,9-12,14-15H2,1-7H3,(H,40,45)(H,41,42). The Kier molecular flexibility index (Phi) is 11.5. The van der Waals surface area contributed by atoms with Gasteiger partial charge in [0.2, 0.25) is 5.88 Å². The fraction of sp³-hybridized carbons (Fsp3) is 0.474. The second kappa shape index (κ2) is 15.8. The van der Waals surface area contributed by atoms with Crippen LogP contribution < -0.4 is 14.8 Å². The number of aromatic nitrogens is 3. The molecule has 4 aromatic rings. The number of carbonyl (C=O) groups is 2. The number of ether oxygens (including phenoxy) is 2. The molecule has 12 nitrogen and oxygen atoms in total. The SMILES string of the molecule is [C-]#[N+]c1c(C(OO)C2C(C)CCCC2C)c2nc(-c3cccc(NC(=O)C(CC)Oc4ccc(C)cc4C)c3)[nH]n2c1OC(=O)N(CC)CC. The molecule has 1 saturated carbocycles. The van der Waals surface area contributed by atoms with Gasteiger partial charge in [-0.05, 0) is 75.6 Å². The van der Waals surface area contributed by atoms with Crippen molar-refractivity contribution in [2.45, 2.75) is 86.4 Å². The lowest BCUT2D eigenvalue weighted by Gasteiger charge is -2.38. The highest BCUT2D eigenvalue weighted by atomic mass is 17.1. The summed E-state index contributed by atoms with van der Waals surface area (Å²) in [5.41, 5.74) is 3.95. The van der Waals surface area contributed by atoms with E-state index < -0.39 is 18.3 Å². The Balaban J connectivity index is 1.53. The van der Waals surface area contributed by atoms with E-state index in [1.807, 2.05) is 58.9 Å². The molecule has 0 aliphatic heterocycles. The number of rotatable bonds is 12. The Labute approximate surface area is 293 Å². The summed E-state index contributed by atoms with van der Waals surface area (Å²) < 4.78 is 13.5. The predicted molar refractivity (Wildman–Crippen MR) is 192 cm³/mol. The fourth-order valence-electron chi connectivity index (χ4n) is 7.21. The zero-order valence-electron chi connectivity index (χ0n) is 29.9.